The van der Waals surface area contributed by atoms with E-state index in [4.69, 9.17) is 10.8 Å². The average molecular weight is 277 g/mol. The van der Waals surface area contributed by atoms with Crippen LogP contribution in [0.15, 0.2) is 24.3 Å². The number of halogens is 1. The molecule has 1 aromatic carbocycles. The smallest absolute Gasteiger partial charge is 0.0650 e. The van der Waals surface area contributed by atoms with Crippen LogP contribution >= 0.6 is 22.6 Å². The molecule has 0 bridgehead atoms. The molecule has 0 saturated carbocycles. The Balaban J connectivity index is 2.96. The lowest BCUT2D eigenvalue weighted by Crippen LogP contribution is -2.36. The highest BCUT2D eigenvalue weighted by atomic mass is 127. The van der Waals surface area contributed by atoms with Crippen LogP contribution in [0.1, 0.15) is 12.5 Å². The Kier molecular flexibility index (Phi) is 3.09. The summed E-state index contributed by atoms with van der Waals surface area (Å²) < 4.78 is 1.17. The average Bonchev–Trinajstić information content (AvgIpc) is 2.05. The molecule has 1 rings (SSSR count). The molecule has 12 heavy (non-hydrogen) atoms. The Morgan fingerprint density at radius 2 is 1.92 bits per heavy atom. The van der Waals surface area contributed by atoms with Crippen LogP contribution in [-0.4, -0.2) is 11.7 Å². The van der Waals surface area contributed by atoms with Gasteiger partial charge >= 0.3 is 0 Å². The van der Waals surface area contributed by atoms with Gasteiger partial charge in [0.05, 0.1) is 12.1 Å². The third-order valence-corrected chi connectivity index (χ3v) is 2.55. The van der Waals surface area contributed by atoms with Crippen molar-refractivity contribution in [1.29, 1.82) is 0 Å². The molecule has 0 aromatic heterocycles. The molecule has 0 radical (unpaired) electrons. The van der Waals surface area contributed by atoms with E-state index < -0.39 is 5.54 Å². The molecule has 0 aliphatic heterocycles. The van der Waals surface area contributed by atoms with Crippen molar-refractivity contribution in [3.63, 3.8) is 0 Å². The van der Waals surface area contributed by atoms with Gasteiger partial charge < -0.3 is 10.8 Å². The van der Waals surface area contributed by atoms with E-state index in [0.717, 1.165) is 5.56 Å². The minimum Gasteiger partial charge on any atom is -0.394 e. The molecule has 3 N–H and O–H groups in total. The lowest BCUT2D eigenvalue weighted by molar-refractivity contribution is 0.210. The van der Waals surface area contributed by atoms with E-state index in [-0.39, 0.29) is 6.61 Å². The predicted octanol–water partition coefficient (Wildman–Crippen LogP) is 1.46. The second-order valence-corrected chi connectivity index (χ2v) is 4.33. The fourth-order valence-electron chi connectivity index (χ4n) is 0.922. The Morgan fingerprint density at radius 3 is 2.33 bits per heavy atom. The largest absolute Gasteiger partial charge is 0.394 e. The summed E-state index contributed by atoms with van der Waals surface area (Å²) in [5.41, 5.74) is 6.18. The number of aliphatic hydroxyl groups excluding tert-OH is 1. The molecule has 0 unspecified atom stereocenters. The van der Waals surface area contributed by atoms with Crippen LogP contribution < -0.4 is 5.73 Å². The first-order valence-electron chi connectivity index (χ1n) is 3.72. The van der Waals surface area contributed by atoms with E-state index in [9.17, 15) is 0 Å². The highest BCUT2D eigenvalue weighted by molar-refractivity contribution is 14.1. The second-order valence-electron chi connectivity index (χ2n) is 3.08. The van der Waals surface area contributed by atoms with Crippen molar-refractivity contribution in [2.75, 3.05) is 6.61 Å². The molecule has 66 valence electrons. The molecule has 2 nitrogen and oxygen atoms in total. The van der Waals surface area contributed by atoms with E-state index in [1.54, 1.807) is 0 Å². The van der Waals surface area contributed by atoms with Crippen molar-refractivity contribution in [2.45, 2.75) is 12.5 Å². The summed E-state index contributed by atoms with van der Waals surface area (Å²) in [5, 5.41) is 8.99. The molecule has 3 heteroatoms. The van der Waals surface area contributed by atoms with Crippen molar-refractivity contribution in [2.24, 2.45) is 5.73 Å². The van der Waals surface area contributed by atoms with Gasteiger partial charge in [0, 0.05) is 3.57 Å². The Morgan fingerprint density at radius 1 is 1.42 bits per heavy atom. The lowest BCUT2D eigenvalue weighted by atomic mass is 9.95. The molecular formula is C9H12INO. The summed E-state index contributed by atoms with van der Waals surface area (Å²) in [6.07, 6.45) is 0. The molecular weight excluding hydrogens is 265 g/mol. The topological polar surface area (TPSA) is 46.2 Å². The normalized spacial score (nSPS) is 15.7. The number of rotatable bonds is 2. The van der Waals surface area contributed by atoms with E-state index >= 15 is 0 Å². The first-order chi connectivity index (χ1) is 5.56. The summed E-state index contributed by atoms with van der Waals surface area (Å²) in [6, 6.07) is 7.85. The van der Waals surface area contributed by atoms with Crippen LogP contribution in [0.3, 0.4) is 0 Å². The molecule has 0 aliphatic rings. The van der Waals surface area contributed by atoms with Crippen LogP contribution in [-0.2, 0) is 5.54 Å². The predicted molar refractivity (Wildman–Crippen MR) is 57.8 cm³/mol. The molecule has 0 saturated heterocycles. The molecule has 0 heterocycles. The number of aliphatic hydroxyl groups is 1. The molecule has 0 aliphatic carbocycles. The monoisotopic (exact) mass is 277 g/mol. The zero-order valence-electron chi connectivity index (χ0n) is 6.92. The third kappa shape index (κ3) is 2.18. The summed E-state index contributed by atoms with van der Waals surface area (Å²) >= 11 is 2.23. The molecule has 0 fully saturated rings. The van der Waals surface area contributed by atoms with Gasteiger partial charge in [0.1, 0.15) is 0 Å². The van der Waals surface area contributed by atoms with Gasteiger partial charge in [-0.25, -0.2) is 0 Å². The molecule has 0 amide bonds. The zero-order valence-corrected chi connectivity index (χ0v) is 9.08. The van der Waals surface area contributed by atoms with Gasteiger partial charge in [-0.3, -0.25) is 0 Å². The van der Waals surface area contributed by atoms with Crippen LogP contribution in [0.25, 0.3) is 0 Å². The maximum Gasteiger partial charge on any atom is 0.0650 e. The first-order valence-corrected chi connectivity index (χ1v) is 4.80. The summed E-state index contributed by atoms with van der Waals surface area (Å²) in [7, 11) is 0. The Bertz CT molecular complexity index is 256. The number of benzene rings is 1. The highest BCUT2D eigenvalue weighted by Gasteiger charge is 2.18. The van der Waals surface area contributed by atoms with Gasteiger partial charge in [-0.2, -0.15) is 0 Å². The highest BCUT2D eigenvalue weighted by Crippen LogP contribution is 2.17. The van der Waals surface area contributed by atoms with Gasteiger partial charge in [0.2, 0.25) is 0 Å². The summed E-state index contributed by atoms with van der Waals surface area (Å²) in [4.78, 5) is 0. The molecule has 1 atom stereocenters. The fourth-order valence-corrected chi connectivity index (χ4v) is 1.28. The van der Waals surface area contributed by atoms with E-state index in [2.05, 4.69) is 22.6 Å². The first kappa shape index (κ1) is 9.95. The second kappa shape index (κ2) is 3.72. The maximum atomic E-state index is 8.99. The van der Waals surface area contributed by atoms with Crippen molar-refractivity contribution < 1.29 is 5.11 Å². The van der Waals surface area contributed by atoms with Gasteiger partial charge in [0.25, 0.3) is 0 Å². The third-order valence-electron chi connectivity index (χ3n) is 1.83. The molecule has 1 aromatic rings. The van der Waals surface area contributed by atoms with Crippen molar-refractivity contribution in [1.82, 2.24) is 0 Å². The standard InChI is InChI=1S/C9H12INO/c1-9(11,6-12)7-2-4-8(10)5-3-7/h2-5,12H,6,11H2,1H3/t9-/m0/s1. The number of nitrogens with two attached hydrogens (primary N) is 1. The Labute approximate surface area is 85.9 Å². The van der Waals surface area contributed by atoms with Gasteiger partial charge in [-0.1, -0.05) is 12.1 Å². The van der Waals surface area contributed by atoms with Gasteiger partial charge in [0.15, 0.2) is 0 Å². The van der Waals surface area contributed by atoms with E-state index in [0.29, 0.717) is 0 Å². The zero-order chi connectivity index (χ0) is 9.19. The SMILES string of the molecule is C[C@](N)(CO)c1ccc(I)cc1. The minimum absolute atomic E-state index is 0.0341. The maximum absolute atomic E-state index is 8.99. The van der Waals surface area contributed by atoms with Crippen LogP contribution in [0, 0.1) is 3.57 Å². The summed E-state index contributed by atoms with van der Waals surface area (Å²) in [5.74, 6) is 0. The summed E-state index contributed by atoms with van der Waals surface area (Å²) in [6.45, 7) is 1.78. The van der Waals surface area contributed by atoms with Crippen molar-refractivity contribution in [3.05, 3.63) is 33.4 Å². The van der Waals surface area contributed by atoms with Gasteiger partial charge in [-0.15, -0.1) is 0 Å². The number of hydrogen-bond donors (Lipinski definition) is 2. The van der Waals surface area contributed by atoms with Crippen LogP contribution in [0.5, 0.6) is 0 Å². The lowest BCUT2D eigenvalue weighted by Gasteiger charge is -2.21. The number of hydrogen-bond acceptors (Lipinski definition) is 2. The minimum atomic E-state index is -0.621. The van der Waals surface area contributed by atoms with E-state index in [1.807, 2.05) is 31.2 Å². The van der Waals surface area contributed by atoms with Gasteiger partial charge in [-0.05, 0) is 47.2 Å². The van der Waals surface area contributed by atoms with Crippen molar-refractivity contribution >= 4 is 22.6 Å². The van der Waals surface area contributed by atoms with Crippen LogP contribution in [0.4, 0.5) is 0 Å². The van der Waals surface area contributed by atoms with E-state index in [1.165, 1.54) is 3.57 Å². The quantitative estimate of drug-likeness (QED) is 0.804. The fraction of sp³-hybridized carbons (Fsp3) is 0.333. The van der Waals surface area contributed by atoms with Crippen molar-refractivity contribution in [3.8, 4) is 0 Å². The Hall–Kier alpha value is -0.130. The molecule has 0 spiro atoms. The van der Waals surface area contributed by atoms with Crippen LogP contribution in [0.2, 0.25) is 0 Å².